The van der Waals surface area contributed by atoms with Crippen molar-refractivity contribution in [3.63, 3.8) is 0 Å². The fraction of sp³-hybridized carbons (Fsp3) is 0.889. The Morgan fingerprint density at radius 3 is 2.58 bits per heavy atom. The Hall–Kier alpha value is -0.0200. The molecule has 0 aromatic rings. The molecule has 1 aliphatic rings. The van der Waals surface area contributed by atoms with Crippen LogP contribution in [0.2, 0.25) is 0 Å². The van der Waals surface area contributed by atoms with E-state index in [0.717, 1.165) is 26.2 Å². The highest BCUT2D eigenvalue weighted by atomic mass is 32.2. The Morgan fingerprint density at radius 2 is 2.17 bits per heavy atom. The molecule has 1 rings (SSSR count). The predicted octanol–water partition coefficient (Wildman–Crippen LogP) is 1.86. The molecule has 0 fully saturated rings. The van der Waals surface area contributed by atoms with Gasteiger partial charge in [-0.1, -0.05) is 20.8 Å². The minimum absolute atomic E-state index is 0.704. The Balaban J connectivity index is 2.30. The summed E-state index contributed by atoms with van der Waals surface area (Å²) in [4.78, 5) is 6.90. The maximum absolute atomic E-state index is 4.49. The summed E-state index contributed by atoms with van der Waals surface area (Å²) in [7, 11) is 0. The van der Waals surface area contributed by atoms with E-state index in [1.807, 2.05) is 11.8 Å². The molecule has 0 amide bonds. The van der Waals surface area contributed by atoms with Crippen LogP contribution in [0.25, 0.3) is 0 Å². The van der Waals surface area contributed by atoms with Crippen LogP contribution in [0.3, 0.4) is 0 Å². The lowest BCUT2D eigenvalue weighted by molar-refractivity contribution is 0.349. The molecule has 1 heterocycles. The van der Waals surface area contributed by atoms with Crippen LogP contribution in [-0.4, -0.2) is 41.4 Å². The normalized spacial score (nSPS) is 23.3. The van der Waals surface area contributed by atoms with Gasteiger partial charge in [0.05, 0.1) is 11.6 Å². The highest BCUT2D eigenvalue weighted by Gasteiger charge is 2.15. The van der Waals surface area contributed by atoms with Gasteiger partial charge in [0, 0.05) is 11.8 Å². The fourth-order valence-electron chi connectivity index (χ4n) is 1.26. The summed E-state index contributed by atoms with van der Waals surface area (Å²) in [5, 5.41) is 2.03. The van der Waals surface area contributed by atoms with Gasteiger partial charge in [0.25, 0.3) is 0 Å². The summed E-state index contributed by atoms with van der Waals surface area (Å²) in [6.07, 6.45) is 0. The van der Waals surface area contributed by atoms with Crippen LogP contribution >= 0.6 is 11.8 Å². The van der Waals surface area contributed by atoms with Crippen molar-refractivity contribution < 1.29 is 0 Å². The summed E-state index contributed by atoms with van der Waals surface area (Å²) in [5.74, 6) is 0. The molecule has 0 aromatic heterocycles. The number of thioether (sulfide) groups is 1. The zero-order chi connectivity index (χ0) is 8.97. The Kier molecular flexibility index (Phi) is 4.09. The van der Waals surface area contributed by atoms with Crippen LogP contribution in [0.4, 0.5) is 0 Å². The quantitative estimate of drug-likeness (QED) is 0.666. The Bertz CT molecular complexity index is 164. The maximum atomic E-state index is 4.49. The molecule has 1 atom stereocenters. The number of aliphatic imine (C=N–C) groups is 1. The average Bonchev–Trinajstić information content (AvgIpc) is 2.47. The first-order valence-electron chi connectivity index (χ1n) is 4.68. The third-order valence-electron chi connectivity index (χ3n) is 2.12. The zero-order valence-electron chi connectivity index (χ0n) is 8.21. The summed E-state index contributed by atoms with van der Waals surface area (Å²) in [5.41, 5.74) is 0. The topological polar surface area (TPSA) is 15.6 Å². The first-order valence-corrected chi connectivity index (χ1v) is 5.56. The SMILES string of the molecule is CCN(CC)CC1=NCC(C)S1. The smallest absolute Gasteiger partial charge is 0.0820 e. The van der Waals surface area contributed by atoms with Crippen LogP contribution in [0, 0.1) is 0 Å². The molecule has 0 aliphatic carbocycles. The van der Waals surface area contributed by atoms with Gasteiger partial charge in [-0.2, -0.15) is 0 Å². The van der Waals surface area contributed by atoms with Crippen LogP contribution < -0.4 is 0 Å². The minimum Gasteiger partial charge on any atom is -0.298 e. The lowest BCUT2D eigenvalue weighted by Crippen LogP contribution is -2.27. The van der Waals surface area contributed by atoms with Crippen molar-refractivity contribution >= 4 is 16.8 Å². The van der Waals surface area contributed by atoms with E-state index in [0.29, 0.717) is 5.25 Å². The molecule has 1 aliphatic heterocycles. The largest absolute Gasteiger partial charge is 0.298 e. The van der Waals surface area contributed by atoms with E-state index in [2.05, 4.69) is 30.7 Å². The molecule has 70 valence electrons. The van der Waals surface area contributed by atoms with E-state index in [4.69, 9.17) is 0 Å². The van der Waals surface area contributed by atoms with E-state index in [-0.39, 0.29) is 0 Å². The van der Waals surface area contributed by atoms with Crippen molar-refractivity contribution in [2.45, 2.75) is 26.0 Å². The highest BCUT2D eigenvalue weighted by Crippen LogP contribution is 2.20. The van der Waals surface area contributed by atoms with E-state index < -0.39 is 0 Å². The molecule has 0 saturated heterocycles. The van der Waals surface area contributed by atoms with Gasteiger partial charge in [-0.25, -0.2) is 0 Å². The van der Waals surface area contributed by atoms with Gasteiger partial charge in [0.15, 0.2) is 0 Å². The maximum Gasteiger partial charge on any atom is 0.0820 e. The molecular formula is C9H18N2S. The molecule has 0 N–H and O–H groups in total. The molecule has 0 aromatic carbocycles. The van der Waals surface area contributed by atoms with Crippen molar-refractivity contribution in [2.75, 3.05) is 26.2 Å². The summed E-state index contributed by atoms with van der Waals surface area (Å²) in [6, 6.07) is 0. The van der Waals surface area contributed by atoms with Gasteiger partial charge in [-0.05, 0) is 13.1 Å². The van der Waals surface area contributed by atoms with Gasteiger partial charge in [-0.15, -0.1) is 11.8 Å². The molecule has 0 radical (unpaired) electrons. The van der Waals surface area contributed by atoms with Gasteiger partial charge < -0.3 is 0 Å². The first kappa shape index (κ1) is 10.1. The summed E-state index contributed by atoms with van der Waals surface area (Å²) < 4.78 is 0. The molecular weight excluding hydrogens is 168 g/mol. The number of hydrogen-bond donors (Lipinski definition) is 0. The van der Waals surface area contributed by atoms with E-state index >= 15 is 0 Å². The van der Waals surface area contributed by atoms with Crippen molar-refractivity contribution in [2.24, 2.45) is 4.99 Å². The van der Waals surface area contributed by atoms with Gasteiger partial charge in [-0.3, -0.25) is 9.89 Å². The van der Waals surface area contributed by atoms with Crippen LogP contribution in [0.1, 0.15) is 20.8 Å². The molecule has 0 saturated carbocycles. The number of nitrogens with zero attached hydrogens (tertiary/aromatic N) is 2. The van der Waals surface area contributed by atoms with Crippen molar-refractivity contribution in [1.29, 1.82) is 0 Å². The van der Waals surface area contributed by atoms with Gasteiger partial charge >= 0.3 is 0 Å². The third-order valence-corrected chi connectivity index (χ3v) is 3.20. The predicted molar refractivity (Wildman–Crippen MR) is 57.1 cm³/mol. The monoisotopic (exact) mass is 186 g/mol. The van der Waals surface area contributed by atoms with Crippen LogP contribution in [-0.2, 0) is 0 Å². The first-order chi connectivity index (χ1) is 5.76. The summed E-state index contributed by atoms with van der Waals surface area (Å²) in [6.45, 7) is 11.0. The van der Waals surface area contributed by atoms with E-state index in [1.165, 1.54) is 5.04 Å². The van der Waals surface area contributed by atoms with Crippen molar-refractivity contribution in [3.05, 3.63) is 0 Å². The fourth-order valence-corrected chi connectivity index (χ4v) is 2.28. The molecule has 3 heteroatoms. The zero-order valence-corrected chi connectivity index (χ0v) is 9.02. The molecule has 2 nitrogen and oxygen atoms in total. The second-order valence-electron chi connectivity index (χ2n) is 3.12. The van der Waals surface area contributed by atoms with Crippen molar-refractivity contribution in [1.82, 2.24) is 4.90 Å². The number of rotatable bonds is 4. The second-order valence-corrected chi connectivity index (χ2v) is 4.64. The van der Waals surface area contributed by atoms with Gasteiger partial charge in [0.1, 0.15) is 0 Å². The highest BCUT2D eigenvalue weighted by molar-refractivity contribution is 8.14. The summed E-state index contributed by atoms with van der Waals surface area (Å²) >= 11 is 1.93. The molecule has 0 spiro atoms. The molecule has 1 unspecified atom stereocenters. The number of hydrogen-bond acceptors (Lipinski definition) is 3. The van der Waals surface area contributed by atoms with Crippen molar-refractivity contribution in [3.8, 4) is 0 Å². The Morgan fingerprint density at radius 1 is 1.50 bits per heavy atom. The second kappa shape index (κ2) is 4.87. The third kappa shape index (κ3) is 2.79. The minimum atomic E-state index is 0.704. The lowest BCUT2D eigenvalue weighted by Gasteiger charge is -2.17. The molecule has 0 bridgehead atoms. The van der Waals surface area contributed by atoms with E-state index in [9.17, 15) is 0 Å². The van der Waals surface area contributed by atoms with E-state index in [1.54, 1.807) is 0 Å². The van der Waals surface area contributed by atoms with Gasteiger partial charge in [0.2, 0.25) is 0 Å². The van der Waals surface area contributed by atoms with Crippen LogP contribution in [0.5, 0.6) is 0 Å². The Labute approximate surface area is 79.4 Å². The lowest BCUT2D eigenvalue weighted by atomic mass is 10.5. The standard InChI is InChI=1S/C9H18N2S/c1-4-11(5-2)7-9-10-6-8(3)12-9/h8H,4-7H2,1-3H3. The average molecular weight is 186 g/mol. The molecule has 12 heavy (non-hydrogen) atoms. The van der Waals surface area contributed by atoms with Crippen LogP contribution in [0.15, 0.2) is 4.99 Å².